The summed E-state index contributed by atoms with van der Waals surface area (Å²) in [4.78, 5) is 26.3. The van der Waals surface area contributed by atoms with Gasteiger partial charge >= 0.3 is 12.1 Å². The van der Waals surface area contributed by atoms with Gasteiger partial charge in [0.1, 0.15) is 5.60 Å². The number of hydrogen-bond acceptors (Lipinski definition) is 4. The molecule has 1 fully saturated rings. The van der Waals surface area contributed by atoms with Gasteiger partial charge in [-0.2, -0.15) is 0 Å². The minimum atomic E-state index is -0.522. The zero-order valence-electron chi connectivity index (χ0n) is 15.4. The van der Waals surface area contributed by atoms with E-state index in [0.29, 0.717) is 39.0 Å². The lowest BCUT2D eigenvalue weighted by Gasteiger charge is -2.39. The van der Waals surface area contributed by atoms with Crippen molar-refractivity contribution >= 4 is 12.1 Å². The van der Waals surface area contributed by atoms with Gasteiger partial charge in [0.15, 0.2) is 0 Å². The number of hydrogen-bond donors (Lipinski definition) is 0. The Kier molecular flexibility index (Phi) is 6.66. The Morgan fingerprint density at radius 3 is 2.17 bits per heavy atom. The molecule has 0 aromatic heterocycles. The Bertz CT molecular complexity index is 450. The molecule has 0 aromatic carbocycles. The highest BCUT2D eigenvalue weighted by atomic mass is 16.6. The zero-order valence-corrected chi connectivity index (χ0v) is 15.4. The first-order valence-corrected chi connectivity index (χ1v) is 8.38. The molecule has 0 radical (unpaired) electrons. The van der Waals surface area contributed by atoms with Gasteiger partial charge in [-0.15, -0.1) is 0 Å². The van der Waals surface area contributed by atoms with Gasteiger partial charge in [0.25, 0.3) is 0 Å². The van der Waals surface area contributed by atoms with E-state index >= 15 is 0 Å². The second-order valence-electron chi connectivity index (χ2n) is 7.45. The minimum Gasteiger partial charge on any atom is -0.466 e. The summed E-state index contributed by atoms with van der Waals surface area (Å²) in [6, 6.07) is 0. The lowest BCUT2D eigenvalue weighted by molar-refractivity contribution is -0.158. The third-order valence-corrected chi connectivity index (χ3v) is 3.98. The van der Waals surface area contributed by atoms with E-state index < -0.39 is 11.0 Å². The van der Waals surface area contributed by atoms with Crippen molar-refractivity contribution in [3.63, 3.8) is 0 Å². The summed E-state index contributed by atoms with van der Waals surface area (Å²) in [6.07, 6.45) is 3.65. The highest BCUT2D eigenvalue weighted by Gasteiger charge is 2.43. The third-order valence-electron chi connectivity index (χ3n) is 3.98. The topological polar surface area (TPSA) is 55.8 Å². The fourth-order valence-electron chi connectivity index (χ4n) is 2.62. The quantitative estimate of drug-likeness (QED) is 0.580. The van der Waals surface area contributed by atoms with Gasteiger partial charge in [-0.05, 0) is 60.8 Å². The molecule has 1 rings (SSSR count). The number of amides is 1. The number of rotatable bonds is 4. The first-order chi connectivity index (χ1) is 10.6. The van der Waals surface area contributed by atoms with Crippen LogP contribution in [-0.4, -0.2) is 42.3 Å². The van der Waals surface area contributed by atoms with Gasteiger partial charge < -0.3 is 14.4 Å². The van der Waals surface area contributed by atoms with Crippen molar-refractivity contribution < 1.29 is 19.1 Å². The van der Waals surface area contributed by atoms with Gasteiger partial charge in [0.05, 0.1) is 12.0 Å². The molecule has 1 aliphatic rings. The van der Waals surface area contributed by atoms with Gasteiger partial charge in [0, 0.05) is 13.1 Å². The molecular weight excluding hydrogens is 294 g/mol. The highest BCUT2D eigenvalue weighted by molar-refractivity contribution is 5.78. The van der Waals surface area contributed by atoms with Gasteiger partial charge in [-0.3, -0.25) is 4.79 Å². The number of carbonyl (C=O) groups excluding carboxylic acids is 2. The van der Waals surface area contributed by atoms with Crippen LogP contribution in [0.2, 0.25) is 0 Å². The molecular formula is C18H31NO4. The van der Waals surface area contributed by atoms with Crippen molar-refractivity contribution in [1.29, 1.82) is 0 Å². The Balaban J connectivity index is 2.77. The molecule has 0 aliphatic carbocycles. The number of piperidine rings is 1. The maximum absolute atomic E-state index is 12.5. The van der Waals surface area contributed by atoms with Gasteiger partial charge in [-0.25, -0.2) is 4.79 Å². The predicted molar refractivity (Wildman–Crippen MR) is 90.2 cm³/mol. The normalized spacial score (nSPS) is 17.4. The molecule has 0 aromatic rings. The second-order valence-corrected chi connectivity index (χ2v) is 7.45. The maximum atomic E-state index is 12.5. The summed E-state index contributed by atoms with van der Waals surface area (Å²) in [5, 5.41) is 0. The van der Waals surface area contributed by atoms with Gasteiger partial charge in [-0.1, -0.05) is 11.6 Å². The molecule has 23 heavy (non-hydrogen) atoms. The Morgan fingerprint density at radius 1 is 1.17 bits per heavy atom. The van der Waals surface area contributed by atoms with Crippen LogP contribution < -0.4 is 0 Å². The van der Waals surface area contributed by atoms with Crippen LogP contribution in [0.5, 0.6) is 0 Å². The lowest BCUT2D eigenvalue weighted by atomic mass is 9.75. The molecule has 1 amide bonds. The molecule has 1 heterocycles. The number of nitrogens with zero attached hydrogens (tertiary/aromatic N) is 1. The Labute approximate surface area is 140 Å². The van der Waals surface area contributed by atoms with Crippen LogP contribution in [-0.2, 0) is 14.3 Å². The van der Waals surface area contributed by atoms with Crippen LogP contribution >= 0.6 is 0 Å². The number of esters is 1. The third kappa shape index (κ3) is 5.88. The van der Waals surface area contributed by atoms with E-state index in [1.54, 1.807) is 4.90 Å². The van der Waals surface area contributed by atoms with Crippen molar-refractivity contribution in [1.82, 2.24) is 4.90 Å². The second kappa shape index (κ2) is 7.84. The zero-order chi connectivity index (χ0) is 17.7. The standard InChI is InChI=1S/C18H31NO4/c1-7-22-15(20)18(9-8-14(2)3)10-12-19(13-11-18)16(21)23-17(4,5)6/h8H,7,9-13H2,1-6H3. The molecule has 0 bridgehead atoms. The lowest BCUT2D eigenvalue weighted by Crippen LogP contribution is -2.48. The van der Waals surface area contributed by atoms with Crippen molar-refractivity contribution in [2.24, 2.45) is 5.41 Å². The average molecular weight is 325 g/mol. The smallest absolute Gasteiger partial charge is 0.410 e. The van der Waals surface area contributed by atoms with Crippen molar-refractivity contribution in [3.8, 4) is 0 Å². The molecule has 0 atom stereocenters. The molecule has 5 heteroatoms. The number of allylic oxidation sites excluding steroid dienone is 2. The fraction of sp³-hybridized carbons (Fsp3) is 0.778. The van der Waals surface area contributed by atoms with E-state index in [0.717, 1.165) is 0 Å². The average Bonchev–Trinajstić information content (AvgIpc) is 2.44. The Hall–Kier alpha value is -1.52. The van der Waals surface area contributed by atoms with E-state index in [2.05, 4.69) is 6.08 Å². The van der Waals surface area contributed by atoms with Crippen LogP contribution in [0.25, 0.3) is 0 Å². The largest absolute Gasteiger partial charge is 0.466 e. The number of carbonyl (C=O) groups is 2. The van der Waals surface area contributed by atoms with Gasteiger partial charge in [0.2, 0.25) is 0 Å². The number of ether oxygens (including phenoxy) is 2. The van der Waals surface area contributed by atoms with Crippen LogP contribution in [0, 0.1) is 5.41 Å². The van der Waals surface area contributed by atoms with E-state index in [9.17, 15) is 9.59 Å². The van der Waals surface area contributed by atoms with Crippen molar-refractivity contribution in [3.05, 3.63) is 11.6 Å². The molecule has 0 N–H and O–H groups in total. The minimum absolute atomic E-state index is 0.152. The molecule has 5 nitrogen and oxygen atoms in total. The van der Waals surface area contributed by atoms with Crippen LogP contribution in [0.15, 0.2) is 11.6 Å². The number of likely N-dealkylation sites (tertiary alicyclic amines) is 1. The van der Waals surface area contributed by atoms with E-state index in [1.165, 1.54) is 5.57 Å². The van der Waals surface area contributed by atoms with Crippen LogP contribution in [0.3, 0.4) is 0 Å². The maximum Gasteiger partial charge on any atom is 0.410 e. The van der Waals surface area contributed by atoms with Crippen LogP contribution in [0.4, 0.5) is 4.79 Å². The summed E-state index contributed by atoms with van der Waals surface area (Å²) < 4.78 is 10.7. The van der Waals surface area contributed by atoms with Crippen molar-refractivity contribution in [2.75, 3.05) is 19.7 Å². The monoisotopic (exact) mass is 325 g/mol. The van der Waals surface area contributed by atoms with Crippen molar-refractivity contribution in [2.45, 2.75) is 66.4 Å². The predicted octanol–water partition coefficient (Wildman–Crippen LogP) is 3.92. The molecule has 0 saturated carbocycles. The summed E-state index contributed by atoms with van der Waals surface area (Å²) in [5.41, 5.74) is 0.156. The first kappa shape index (κ1) is 19.5. The van der Waals surface area contributed by atoms with E-state index in [4.69, 9.17) is 9.47 Å². The first-order valence-electron chi connectivity index (χ1n) is 8.38. The van der Waals surface area contributed by atoms with E-state index in [-0.39, 0.29) is 12.1 Å². The summed E-state index contributed by atoms with van der Waals surface area (Å²) in [6.45, 7) is 12.8. The van der Waals surface area contributed by atoms with Crippen LogP contribution in [0.1, 0.15) is 60.8 Å². The fourth-order valence-corrected chi connectivity index (χ4v) is 2.62. The Morgan fingerprint density at radius 2 is 1.74 bits per heavy atom. The SMILES string of the molecule is CCOC(=O)C1(CC=C(C)C)CCN(C(=O)OC(C)(C)C)CC1. The summed E-state index contributed by atoms with van der Waals surface area (Å²) in [5.74, 6) is -0.152. The molecule has 0 spiro atoms. The molecule has 132 valence electrons. The summed E-state index contributed by atoms with van der Waals surface area (Å²) >= 11 is 0. The highest BCUT2D eigenvalue weighted by Crippen LogP contribution is 2.37. The van der Waals surface area contributed by atoms with E-state index in [1.807, 2.05) is 41.5 Å². The molecule has 1 saturated heterocycles. The molecule has 0 unspecified atom stereocenters. The molecule has 1 aliphatic heterocycles. The summed E-state index contributed by atoms with van der Waals surface area (Å²) in [7, 11) is 0.